The first kappa shape index (κ1) is 9.37. The first-order valence-electron chi connectivity index (χ1n) is 4.91. The predicted octanol–water partition coefficient (Wildman–Crippen LogP) is 2.77. The molecule has 3 nitrogen and oxygen atoms in total. The molecule has 0 spiro atoms. The largest absolute Gasteiger partial charge is 0.621 e. The van der Waals surface area contributed by atoms with Crippen LogP contribution < -0.4 is 4.65 Å². The molecule has 1 aliphatic heterocycles. The number of unbranched alkanes of at least 4 members (excludes halogenated alkanes) is 1. The van der Waals surface area contributed by atoms with Gasteiger partial charge in [-0.2, -0.15) is 4.99 Å². The van der Waals surface area contributed by atoms with E-state index in [2.05, 4.69) is 18.0 Å². The Morgan fingerprint density at radius 1 is 1.57 bits per heavy atom. The fourth-order valence-corrected chi connectivity index (χ4v) is 1.63. The van der Waals surface area contributed by atoms with Gasteiger partial charge in [-0.15, -0.1) is 0 Å². The van der Waals surface area contributed by atoms with Crippen molar-refractivity contribution in [1.29, 1.82) is 0 Å². The van der Waals surface area contributed by atoms with E-state index >= 15 is 0 Å². The normalized spacial score (nSPS) is 23.9. The van der Waals surface area contributed by atoms with Crippen molar-refractivity contribution in [2.24, 2.45) is 4.99 Å². The van der Waals surface area contributed by atoms with Crippen molar-refractivity contribution in [3.63, 3.8) is 0 Å². The van der Waals surface area contributed by atoms with Crippen LogP contribution in [0.25, 0.3) is 0 Å². The van der Waals surface area contributed by atoms with E-state index in [1.165, 1.54) is 6.34 Å². The third-order valence-electron chi connectivity index (χ3n) is 2.45. The molecule has 1 radical (unpaired) electrons. The second-order valence-corrected chi connectivity index (χ2v) is 3.53. The standard InChI is InChI=1S/C11H13N2O/c1-2-3-8-13(14)9-12-10-6-4-5-7-11(10)13/h5-7,9H,2-3,8H2,1H3. The average Bonchev–Trinajstić information content (AvgIpc) is 2.55. The van der Waals surface area contributed by atoms with Crippen molar-refractivity contribution in [1.82, 2.24) is 4.65 Å². The highest BCUT2D eigenvalue weighted by atomic mass is 16.5. The average molecular weight is 189 g/mol. The molecule has 1 aromatic rings. The zero-order valence-electron chi connectivity index (χ0n) is 8.23. The zero-order chi connectivity index (χ0) is 10.0. The third kappa shape index (κ3) is 1.45. The lowest BCUT2D eigenvalue weighted by Crippen LogP contribution is -2.40. The van der Waals surface area contributed by atoms with Gasteiger partial charge < -0.3 is 5.21 Å². The van der Waals surface area contributed by atoms with E-state index in [9.17, 15) is 5.21 Å². The summed E-state index contributed by atoms with van der Waals surface area (Å²) in [5, 5.41) is 12.3. The minimum absolute atomic E-state index is 0.405. The van der Waals surface area contributed by atoms with Crippen LogP contribution in [0.5, 0.6) is 0 Å². The lowest BCUT2D eigenvalue weighted by atomic mass is 10.2. The van der Waals surface area contributed by atoms with E-state index in [0.717, 1.165) is 24.2 Å². The molecule has 1 heterocycles. The number of fused-ring (bicyclic) bond motifs is 1. The molecule has 73 valence electrons. The fourth-order valence-electron chi connectivity index (χ4n) is 1.63. The number of aliphatic imine (C=N–C) groups is 1. The molecule has 0 N–H and O–H groups in total. The number of quaternary nitrogens is 1. The summed E-state index contributed by atoms with van der Waals surface area (Å²) < 4.78 is -0.405. The van der Waals surface area contributed by atoms with Gasteiger partial charge in [0.25, 0.3) is 0 Å². The lowest BCUT2D eigenvalue weighted by molar-refractivity contribution is 0.535. The summed E-state index contributed by atoms with van der Waals surface area (Å²) >= 11 is 0. The van der Waals surface area contributed by atoms with Gasteiger partial charge >= 0.3 is 0 Å². The van der Waals surface area contributed by atoms with Gasteiger partial charge in [0.2, 0.25) is 0 Å². The van der Waals surface area contributed by atoms with E-state index in [-0.39, 0.29) is 0 Å². The Morgan fingerprint density at radius 2 is 2.43 bits per heavy atom. The van der Waals surface area contributed by atoms with Crippen LogP contribution in [0.1, 0.15) is 19.8 Å². The Labute approximate surface area is 83.9 Å². The maximum absolute atomic E-state index is 12.3. The van der Waals surface area contributed by atoms with Crippen LogP contribution >= 0.6 is 0 Å². The van der Waals surface area contributed by atoms with Crippen molar-refractivity contribution in [3.05, 3.63) is 29.5 Å². The molecule has 0 bridgehead atoms. The molecule has 0 amide bonds. The topological polar surface area (TPSA) is 35.4 Å². The fraction of sp³-hybridized carbons (Fsp3) is 0.364. The summed E-state index contributed by atoms with van der Waals surface area (Å²) in [6, 6.07) is 8.26. The van der Waals surface area contributed by atoms with Crippen LogP contribution in [0.4, 0.5) is 11.4 Å². The molecule has 1 aliphatic rings. The van der Waals surface area contributed by atoms with E-state index in [0.29, 0.717) is 6.54 Å². The second-order valence-electron chi connectivity index (χ2n) is 3.53. The summed E-state index contributed by atoms with van der Waals surface area (Å²) in [5.74, 6) is 0. The number of benzene rings is 1. The van der Waals surface area contributed by atoms with E-state index < -0.39 is 4.65 Å². The highest BCUT2D eigenvalue weighted by Crippen LogP contribution is 2.36. The maximum Gasteiger partial charge on any atom is 0.195 e. The molecule has 0 fully saturated rings. The van der Waals surface area contributed by atoms with Gasteiger partial charge in [0.15, 0.2) is 12.0 Å². The first-order valence-corrected chi connectivity index (χ1v) is 4.91. The molecule has 1 atom stereocenters. The molecule has 0 saturated heterocycles. The van der Waals surface area contributed by atoms with Crippen LogP contribution in [0, 0.1) is 11.3 Å². The van der Waals surface area contributed by atoms with Crippen molar-refractivity contribution in [2.75, 3.05) is 6.54 Å². The van der Waals surface area contributed by atoms with Crippen LogP contribution in [-0.4, -0.2) is 12.9 Å². The molecule has 14 heavy (non-hydrogen) atoms. The number of nitrogens with zero attached hydrogens (tertiary/aromatic N) is 2. The summed E-state index contributed by atoms with van der Waals surface area (Å²) in [6.07, 6.45) is 3.44. The number of hydroxylamine groups is 2. The minimum Gasteiger partial charge on any atom is -0.621 e. The van der Waals surface area contributed by atoms with Crippen molar-refractivity contribution >= 4 is 17.7 Å². The molecule has 1 unspecified atom stereocenters. The van der Waals surface area contributed by atoms with Gasteiger partial charge in [0.1, 0.15) is 5.69 Å². The Bertz CT molecular complexity index is 362. The predicted molar refractivity (Wildman–Crippen MR) is 58.4 cm³/mol. The van der Waals surface area contributed by atoms with E-state index in [1.54, 1.807) is 12.1 Å². The van der Waals surface area contributed by atoms with Gasteiger partial charge in [-0.05, 0) is 24.6 Å². The lowest BCUT2D eigenvalue weighted by Gasteiger charge is -2.34. The van der Waals surface area contributed by atoms with Crippen LogP contribution in [0.2, 0.25) is 0 Å². The Kier molecular flexibility index (Phi) is 2.35. The highest BCUT2D eigenvalue weighted by Gasteiger charge is 2.26. The molecular weight excluding hydrogens is 176 g/mol. The quantitative estimate of drug-likeness (QED) is 0.532. The van der Waals surface area contributed by atoms with E-state index in [4.69, 9.17) is 0 Å². The van der Waals surface area contributed by atoms with Gasteiger partial charge in [0, 0.05) is 6.07 Å². The van der Waals surface area contributed by atoms with Gasteiger partial charge in [-0.1, -0.05) is 13.3 Å². The molecule has 0 saturated carbocycles. The zero-order valence-corrected chi connectivity index (χ0v) is 8.23. The highest BCUT2D eigenvalue weighted by molar-refractivity contribution is 5.89. The SMILES string of the molecule is CCCC[N+]1([O-])C=Nc2c[c]ccc21. The molecule has 0 aliphatic carbocycles. The number of hydrogen-bond acceptors (Lipinski definition) is 2. The molecule has 1 aromatic carbocycles. The number of rotatable bonds is 3. The molecule has 2 rings (SSSR count). The Balaban J connectivity index is 2.28. The molecule has 3 heteroatoms. The van der Waals surface area contributed by atoms with Gasteiger partial charge in [-0.3, -0.25) is 4.65 Å². The maximum atomic E-state index is 12.3. The minimum atomic E-state index is -0.405. The van der Waals surface area contributed by atoms with Crippen LogP contribution in [0.15, 0.2) is 23.2 Å². The van der Waals surface area contributed by atoms with Gasteiger partial charge in [0.05, 0.1) is 6.54 Å². The second kappa shape index (κ2) is 3.52. The Hall–Kier alpha value is -1.19. The monoisotopic (exact) mass is 189 g/mol. The summed E-state index contributed by atoms with van der Waals surface area (Å²) in [4.78, 5) is 4.11. The smallest absolute Gasteiger partial charge is 0.195 e. The molecule has 0 aromatic heterocycles. The van der Waals surface area contributed by atoms with Gasteiger partial charge in [-0.25, -0.2) is 0 Å². The van der Waals surface area contributed by atoms with Crippen molar-refractivity contribution < 1.29 is 0 Å². The van der Waals surface area contributed by atoms with Crippen LogP contribution in [0.3, 0.4) is 0 Å². The first-order chi connectivity index (χ1) is 6.76. The van der Waals surface area contributed by atoms with Crippen molar-refractivity contribution in [3.8, 4) is 0 Å². The number of hydrogen-bond donors (Lipinski definition) is 0. The summed E-state index contributed by atoms with van der Waals surface area (Å²) in [6.45, 7) is 2.66. The Morgan fingerprint density at radius 3 is 3.21 bits per heavy atom. The van der Waals surface area contributed by atoms with Crippen molar-refractivity contribution in [2.45, 2.75) is 19.8 Å². The third-order valence-corrected chi connectivity index (χ3v) is 2.45. The molecular formula is C11H13N2O. The van der Waals surface area contributed by atoms with E-state index in [1.807, 2.05) is 6.07 Å². The summed E-state index contributed by atoms with van der Waals surface area (Å²) in [7, 11) is 0. The van der Waals surface area contributed by atoms with Crippen LogP contribution in [-0.2, 0) is 0 Å². The summed E-state index contributed by atoms with van der Waals surface area (Å²) in [5.41, 5.74) is 1.51.